The molecule has 0 aliphatic heterocycles. The molecule has 8 heteroatoms. The second kappa shape index (κ2) is 9.90. The predicted molar refractivity (Wildman–Crippen MR) is 131 cm³/mol. The van der Waals surface area contributed by atoms with Gasteiger partial charge in [0.1, 0.15) is 23.2 Å². The van der Waals surface area contributed by atoms with Crippen LogP contribution in [-0.2, 0) is 24.3 Å². The minimum Gasteiger partial charge on any atom is -0.480 e. The zero-order valence-electron chi connectivity index (χ0n) is 18.9. The number of carboxylic acids is 1. The molecule has 5 rings (SSSR count). The van der Waals surface area contributed by atoms with E-state index in [1.165, 1.54) is 10.9 Å². The Bertz CT molecular complexity index is 1460. The molecular weight excluding hydrogens is 445 g/mol. The molecule has 7 nitrogen and oxygen atoms in total. The highest BCUT2D eigenvalue weighted by molar-refractivity contribution is 5.84. The number of fused-ring (bicyclic) bond motifs is 1. The Morgan fingerprint density at radius 2 is 1.71 bits per heavy atom. The first-order chi connectivity index (χ1) is 17.1. The van der Waals surface area contributed by atoms with Crippen LogP contribution in [0.1, 0.15) is 16.8 Å². The van der Waals surface area contributed by atoms with Crippen LogP contribution in [0.3, 0.4) is 0 Å². The van der Waals surface area contributed by atoms with Gasteiger partial charge in [-0.3, -0.25) is 10.1 Å². The Hall–Kier alpha value is -4.30. The van der Waals surface area contributed by atoms with Crippen LogP contribution in [0.4, 0.5) is 4.39 Å². The van der Waals surface area contributed by atoms with Gasteiger partial charge in [-0.05, 0) is 17.7 Å². The summed E-state index contributed by atoms with van der Waals surface area (Å²) in [5.74, 6) is -1.27. The summed E-state index contributed by atoms with van der Waals surface area (Å²) in [4.78, 5) is 16.7. The number of halogens is 1. The largest absolute Gasteiger partial charge is 0.480 e. The third-order valence-electron chi connectivity index (χ3n) is 5.95. The maximum Gasteiger partial charge on any atom is 0.321 e. The van der Waals surface area contributed by atoms with Gasteiger partial charge in [-0.15, -0.1) is 0 Å². The molecule has 1 atom stereocenters. The van der Waals surface area contributed by atoms with E-state index in [2.05, 4.69) is 20.5 Å². The standard InChI is InChI=1S/C27H24FN5O2/c28-22-12-6-4-10-19(22)17-33-31-25(26(32-33)18-8-2-1-3-9-18)16-30-24(27(34)35)14-20-15-29-23-13-7-5-11-21(20)23/h1-13,15,24,29-30H,14,16-17H2,(H,34,35)/t24-/m1/s1. The predicted octanol–water partition coefficient (Wildman–Crippen LogP) is 4.40. The highest BCUT2D eigenvalue weighted by atomic mass is 19.1. The molecule has 0 bridgehead atoms. The van der Waals surface area contributed by atoms with Gasteiger partial charge in [0.05, 0.1) is 6.54 Å². The first kappa shape index (κ1) is 22.5. The number of carbonyl (C=O) groups is 1. The molecule has 3 N–H and O–H groups in total. The van der Waals surface area contributed by atoms with Crippen LogP contribution in [0.2, 0.25) is 0 Å². The van der Waals surface area contributed by atoms with Crippen LogP contribution in [0.5, 0.6) is 0 Å². The van der Waals surface area contributed by atoms with Gasteiger partial charge in [0.25, 0.3) is 0 Å². The van der Waals surface area contributed by atoms with Gasteiger partial charge in [-0.25, -0.2) is 4.39 Å². The molecule has 0 radical (unpaired) electrons. The molecule has 0 amide bonds. The van der Waals surface area contributed by atoms with Crippen LogP contribution in [-0.4, -0.2) is 37.1 Å². The number of para-hydroxylation sites is 1. The van der Waals surface area contributed by atoms with Crippen molar-refractivity contribution in [2.24, 2.45) is 0 Å². The topological polar surface area (TPSA) is 95.8 Å². The Morgan fingerprint density at radius 1 is 0.971 bits per heavy atom. The molecular formula is C27H24FN5O2. The lowest BCUT2D eigenvalue weighted by Gasteiger charge is -2.13. The first-order valence-corrected chi connectivity index (χ1v) is 11.3. The van der Waals surface area contributed by atoms with Crippen molar-refractivity contribution in [3.8, 4) is 11.3 Å². The molecule has 3 aromatic carbocycles. The average Bonchev–Trinajstić information content (AvgIpc) is 3.47. The van der Waals surface area contributed by atoms with Crippen LogP contribution >= 0.6 is 0 Å². The maximum atomic E-state index is 14.2. The summed E-state index contributed by atoms with van der Waals surface area (Å²) in [6, 6.07) is 23.0. The van der Waals surface area contributed by atoms with E-state index in [-0.39, 0.29) is 18.9 Å². The fourth-order valence-electron chi connectivity index (χ4n) is 4.16. The normalized spacial score (nSPS) is 12.1. The van der Waals surface area contributed by atoms with E-state index < -0.39 is 12.0 Å². The smallest absolute Gasteiger partial charge is 0.321 e. The molecule has 5 aromatic rings. The van der Waals surface area contributed by atoms with Crippen molar-refractivity contribution in [1.29, 1.82) is 0 Å². The van der Waals surface area contributed by atoms with Crippen molar-refractivity contribution >= 4 is 16.9 Å². The van der Waals surface area contributed by atoms with Gasteiger partial charge in [-0.2, -0.15) is 15.0 Å². The fraction of sp³-hybridized carbons (Fsp3) is 0.148. The van der Waals surface area contributed by atoms with Crippen LogP contribution < -0.4 is 5.32 Å². The minimum atomic E-state index is -0.949. The van der Waals surface area contributed by atoms with E-state index in [4.69, 9.17) is 0 Å². The van der Waals surface area contributed by atoms with Crippen LogP contribution in [0.25, 0.3) is 22.2 Å². The third kappa shape index (κ3) is 4.97. The maximum absolute atomic E-state index is 14.2. The third-order valence-corrected chi connectivity index (χ3v) is 5.95. The summed E-state index contributed by atoms with van der Waals surface area (Å²) in [6.07, 6.45) is 2.16. The second-order valence-electron chi connectivity index (χ2n) is 8.32. The number of hydrogen-bond acceptors (Lipinski definition) is 4. The minimum absolute atomic E-state index is 0.171. The molecule has 0 spiro atoms. The lowest BCUT2D eigenvalue weighted by atomic mass is 10.0. The zero-order valence-corrected chi connectivity index (χ0v) is 18.9. The number of carboxylic acid groups (broad SMARTS) is 1. The SMILES string of the molecule is O=C(O)[C@@H](Cc1c[nH]c2ccccc12)NCc1nn(Cc2ccccc2F)nc1-c1ccccc1. The Labute approximate surface area is 201 Å². The van der Waals surface area contributed by atoms with Gasteiger partial charge in [0, 0.05) is 41.2 Å². The average molecular weight is 470 g/mol. The monoisotopic (exact) mass is 469 g/mol. The fourth-order valence-corrected chi connectivity index (χ4v) is 4.16. The number of H-pyrrole nitrogens is 1. The van der Waals surface area contributed by atoms with E-state index in [1.54, 1.807) is 18.2 Å². The summed E-state index contributed by atoms with van der Waals surface area (Å²) in [6.45, 7) is 0.366. The van der Waals surface area contributed by atoms with Crippen molar-refractivity contribution in [3.63, 3.8) is 0 Å². The zero-order chi connectivity index (χ0) is 24.2. The molecule has 0 unspecified atom stereocenters. The van der Waals surface area contributed by atoms with Gasteiger partial charge >= 0.3 is 5.97 Å². The summed E-state index contributed by atoms with van der Waals surface area (Å²) in [5, 5.41) is 23.2. The number of nitrogens with zero attached hydrogens (tertiary/aromatic N) is 3. The van der Waals surface area contributed by atoms with E-state index in [1.807, 2.05) is 60.8 Å². The van der Waals surface area contributed by atoms with Crippen LogP contribution in [0, 0.1) is 5.82 Å². The number of aromatic amines is 1. The van der Waals surface area contributed by atoms with Gasteiger partial charge in [0.2, 0.25) is 0 Å². The highest BCUT2D eigenvalue weighted by Gasteiger charge is 2.22. The molecule has 0 saturated carbocycles. The number of rotatable bonds is 9. The van der Waals surface area contributed by atoms with E-state index >= 15 is 0 Å². The number of benzene rings is 3. The van der Waals surface area contributed by atoms with E-state index in [9.17, 15) is 14.3 Å². The van der Waals surface area contributed by atoms with Crippen molar-refractivity contribution in [1.82, 2.24) is 25.3 Å². The molecule has 2 aromatic heterocycles. The van der Waals surface area contributed by atoms with Crippen molar-refractivity contribution in [3.05, 3.63) is 108 Å². The quantitative estimate of drug-likeness (QED) is 0.297. The Morgan fingerprint density at radius 3 is 2.51 bits per heavy atom. The van der Waals surface area contributed by atoms with Gasteiger partial charge in [0.15, 0.2) is 0 Å². The molecule has 0 fully saturated rings. The van der Waals surface area contributed by atoms with Gasteiger partial charge in [-0.1, -0.05) is 66.7 Å². The summed E-state index contributed by atoms with van der Waals surface area (Å²) >= 11 is 0. The van der Waals surface area contributed by atoms with Crippen molar-refractivity contribution in [2.75, 3.05) is 0 Å². The molecule has 2 heterocycles. The van der Waals surface area contributed by atoms with Crippen molar-refractivity contribution < 1.29 is 14.3 Å². The number of aromatic nitrogens is 4. The second-order valence-corrected chi connectivity index (χ2v) is 8.32. The van der Waals surface area contributed by atoms with Gasteiger partial charge < -0.3 is 10.1 Å². The first-order valence-electron chi connectivity index (χ1n) is 11.3. The van der Waals surface area contributed by atoms with Crippen LogP contribution in [0.15, 0.2) is 85.1 Å². The lowest BCUT2D eigenvalue weighted by molar-refractivity contribution is -0.139. The molecule has 35 heavy (non-hydrogen) atoms. The number of nitrogens with one attached hydrogen (secondary N) is 2. The molecule has 0 saturated heterocycles. The Balaban J connectivity index is 1.40. The molecule has 176 valence electrons. The number of aliphatic carboxylic acids is 1. The molecule has 0 aliphatic rings. The van der Waals surface area contributed by atoms with E-state index in [0.29, 0.717) is 23.4 Å². The van der Waals surface area contributed by atoms with Crippen molar-refractivity contribution in [2.45, 2.75) is 25.6 Å². The Kier molecular flexibility index (Phi) is 6.36. The van der Waals surface area contributed by atoms with E-state index in [0.717, 1.165) is 22.0 Å². The summed E-state index contributed by atoms with van der Waals surface area (Å²) < 4.78 is 14.2. The highest BCUT2D eigenvalue weighted by Crippen LogP contribution is 2.22. The molecule has 0 aliphatic carbocycles. The summed E-state index contributed by atoms with van der Waals surface area (Å²) in [7, 11) is 0. The number of hydrogen-bond donors (Lipinski definition) is 3. The lowest BCUT2D eigenvalue weighted by Crippen LogP contribution is -2.38. The summed E-state index contributed by atoms with van der Waals surface area (Å²) in [5.41, 5.74) is 4.45.